The molecule has 4 nitrogen and oxygen atoms in total. The summed E-state index contributed by atoms with van der Waals surface area (Å²) >= 11 is 5.80. The van der Waals surface area contributed by atoms with Gasteiger partial charge in [0.25, 0.3) is 0 Å². The van der Waals surface area contributed by atoms with Crippen LogP contribution >= 0.6 is 11.6 Å². The summed E-state index contributed by atoms with van der Waals surface area (Å²) in [5.74, 6) is -0.609. The lowest BCUT2D eigenvalue weighted by molar-refractivity contribution is -0.120. The zero-order valence-electron chi connectivity index (χ0n) is 11.2. The minimum absolute atomic E-state index is 0.00283. The molecule has 20 heavy (non-hydrogen) atoms. The van der Waals surface area contributed by atoms with Gasteiger partial charge in [0.05, 0.1) is 10.9 Å². The van der Waals surface area contributed by atoms with Crippen LogP contribution in [-0.4, -0.2) is 19.1 Å². The molecule has 1 rings (SSSR count). The van der Waals surface area contributed by atoms with Crippen molar-refractivity contribution in [1.29, 1.82) is 0 Å². The van der Waals surface area contributed by atoms with Gasteiger partial charge in [-0.3, -0.25) is 4.79 Å². The van der Waals surface area contributed by atoms with Crippen molar-refractivity contribution >= 4 is 23.2 Å². The standard InChI is InChI=1S/C13H17ClF2N2O2/c1-7(2)9(6-17)12(19)18-8-3-4-11(10(14)5-8)20-13(15)16/h3-5,7,9,13H,6,17H2,1-2H3,(H,18,19). The van der Waals surface area contributed by atoms with Gasteiger partial charge in [-0.25, -0.2) is 0 Å². The van der Waals surface area contributed by atoms with Crippen molar-refractivity contribution in [3.05, 3.63) is 23.2 Å². The number of carbonyl (C=O) groups excluding carboxylic acids is 1. The van der Waals surface area contributed by atoms with Gasteiger partial charge in [-0.1, -0.05) is 25.4 Å². The van der Waals surface area contributed by atoms with E-state index in [0.29, 0.717) is 5.69 Å². The molecule has 112 valence electrons. The molecular weight excluding hydrogens is 290 g/mol. The number of amides is 1. The number of rotatable bonds is 6. The minimum atomic E-state index is -2.95. The molecule has 0 spiro atoms. The number of anilines is 1. The Kier molecular flexibility index (Phi) is 6.16. The van der Waals surface area contributed by atoms with Crippen LogP contribution in [-0.2, 0) is 4.79 Å². The second-order valence-corrected chi connectivity index (χ2v) is 5.01. The van der Waals surface area contributed by atoms with Crippen molar-refractivity contribution in [1.82, 2.24) is 0 Å². The summed E-state index contributed by atoms with van der Waals surface area (Å²) in [7, 11) is 0. The Labute approximate surface area is 121 Å². The lowest BCUT2D eigenvalue weighted by atomic mass is 9.95. The van der Waals surface area contributed by atoms with Crippen LogP contribution in [0.25, 0.3) is 0 Å². The molecule has 0 aromatic heterocycles. The molecule has 0 radical (unpaired) electrons. The quantitative estimate of drug-likeness (QED) is 0.848. The number of carbonyl (C=O) groups is 1. The van der Waals surface area contributed by atoms with Gasteiger partial charge in [-0.2, -0.15) is 8.78 Å². The Hall–Kier alpha value is -1.40. The van der Waals surface area contributed by atoms with Crippen LogP contribution in [0.3, 0.4) is 0 Å². The molecule has 0 saturated carbocycles. The van der Waals surface area contributed by atoms with Gasteiger partial charge in [0.1, 0.15) is 5.75 Å². The van der Waals surface area contributed by atoms with Crippen molar-refractivity contribution in [3.63, 3.8) is 0 Å². The molecule has 1 atom stereocenters. The number of nitrogens with one attached hydrogen (secondary N) is 1. The van der Waals surface area contributed by atoms with Crippen molar-refractivity contribution in [3.8, 4) is 5.75 Å². The molecule has 0 bridgehead atoms. The van der Waals surface area contributed by atoms with Crippen molar-refractivity contribution in [2.45, 2.75) is 20.5 Å². The fraction of sp³-hybridized carbons (Fsp3) is 0.462. The maximum Gasteiger partial charge on any atom is 0.387 e. The Morgan fingerprint density at radius 2 is 2.10 bits per heavy atom. The van der Waals surface area contributed by atoms with Crippen LogP contribution in [0, 0.1) is 11.8 Å². The molecule has 0 aliphatic heterocycles. The zero-order chi connectivity index (χ0) is 15.3. The lowest BCUT2D eigenvalue weighted by Gasteiger charge is -2.18. The lowest BCUT2D eigenvalue weighted by Crippen LogP contribution is -2.33. The van der Waals surface area contributed by atoms with E-state index in [1.807, 2.05) is 13.8 Å². The summed E-state index contributed by atoms with van der Waals surface area (Å²) in [5, 5.41) is 2.65. The predicted molar refractivity (Wildman–Crippen MR) is 74.1 cm³/mol. The first-order valence-corrected chi connectivity index (χ1v) is 6.48. The van der Waals surface area contributed by atoms with E-state index in [4.69, 9.17) is 17.3 Å². The summed E-state index contributed by atoms with van der Waals surface area (Å²) < 4.78 is 28.4. The molecule has 1 amide bonds. The predicted octanol–water partition coefficient (Wildman–Crippen LogP) is 3.11. The van der Waals surface area contributed by atoms with Crippen LogP contribution in [0.2, 0.25) is 5.02 Å². The summed E-state index contributed by atoms with van der Waals surface area (Å²) in [6, 6.07) is 4.07. The summed E-state index contributed by atoms with van der Waals surface area (Å²) in [6.45, 7) is 1.06. The fourth-order valence-electron chi connectivity index (χ4n) is 1.69. The first kappa shape index (κ1) is 16.7. The van der Waals surface area contributed by atoms with Gasteiger partial charge in [-0.05, 0) is 24.1 Å². The largest absolute Gasteiger partial charge is 0.433 e. The maximum absolute atomic E-state index is 12.1. The zero-order valence-corrected chi connectivity index (χ0v) is 12.0. The molecular formula is C13H17ClF2N2O2. The Morgan fingerprint density at radius 1 is 1.45 bits per heavy atom. The average Bonchev–Trinajstić information content (AvgIpc) is 2.32. The first-order chi connectivity index (χ1) is 9.35. The highest BCUT2D eigenvalue weighted by Crippen LogP contribution is 2.29. The third-order valence-corrected chi connectivity index (χ3v) is 3.11. The number of ether oxygens (including phenoxy) is 1. The average molecular weight is 307 g/mol. The topological polar surface area (TPSA) is 64.4 Å². The molecule has 0 saturated heterocycles. The smallest absolute Gasteiger partial charge is 0.387 e. The van der Waals surface area contributed by atoms with Crippen LogP contribution in [0.15, 0.2) is 18.2 Å². The monoisotopic (exact) mass is 306 g/mol. The van der Waals surface area contributed by atoms with Gasteiger partial charge in [0.15, 0.2) is 0 Å². The number of benzene rings is 1. The second kappa shape index (κ2) is 7.40. The fourth-order valence-corrected chi connectivity index (χ4v) is 1.91. The number of nitrogens with two attached hydrogens (primary N) is 1. The summed E-state index contributed by atoms with van der Waals surface area (Å²) in [4.78, 5) is 12.0. The molecule has 0 aliphatic carbocycles. The van der Waals surface area contributed by atoms with Crippen LogP contribution in [0.1, 0.15) is 13.8 Å². The highest BCUT2D eigenvalue weighted by Gasteiger charge is 2.20. The van der Waals surface area contributed by atoms with Crippen molar-refractivity contribution in [2.75, 3.05) is 11.9 Å². The summed E-state index contributed by atoms with van der Waals surface area (Å²) in [6.07, 6.45) is 0. The summed E-state index contributed by atoms with van der Waals surface area (Å²) in [5.41, 5.74) is 5.95. The van der Waals surface area contributed by atoms with E-state index in [1.165, 1.54) is 18.2 Å². The maximum atomic E-state index is 12.1. The normalized spacial score (nSPS) is 12.6. The van der Waals surface area contributed by atoms with Crippen LogP contribution in [0.4, 0.5) is 14.5 Å². The van der Waals surface area contributed by atoms with Gasteiger partial charge in [0, 0.05) is 12.2 Å². The Bertz CT molecular complexity index is 470. The van der Waals surface area contributed by atoms with E-state index >= 15 is 0 Å². The minimum Gasteiger partial charge on any atom is -0.433 e. The Morgan fingerprint density at radius 3 is 2.55 bits per heavy atom. The van der Waals surface area contributed by atoms with E-state index in [9.17, 15) is 13.6 Å². The van der Waals surface area contributed by atoms with Gasteiger partial charge in [0.2, 0.25) is 5.91 Å². The van der Waals surface area contributed by atoms with Crippen molar-refractivity contribution < 1.29 is 18.3 Å². The van der Waals surface area contributed by atoms with Crippen LogP contribution in [0.5, 0.6) is 5.75 Å². The van der Waals surface area contributed by atoms with E-state index < -0.39 is 6.61 Å². The SMILES string of the molecule is CC(C)C(CN)C(=O)Nc1ccc(OC(F)F)c(Cl)c1. The molecule has 1 aromatic carbocycles. The molecule has 0 fully saturated rings. The number of hydrogen-bond donors (Lipinski definition) is 2. The highest BCUT2D eigenvalue weighted by molar-refractivity contribution is 6.32. The second-order valence-electron chi connectivity index (χ2n) is 4.60. The van der Waals surface area contributed by atoms with E-state index in [1.54, 1.807) is 0 Å². The van der Waals surface area contributed by atoms with Gasteiger partial charge in [-0.15, -0.1) is 0 Å². The van der Waals surface area contributed by atoms with Gasteiger partial charge < -0.3 is 15.8 Å². The van der Waals surface area contributed by atoms with E-state index in [2.05, 4.69) is 10.1 Å². The molecule has 0 aliphatic rings. The molecule has 7 heteroatoms. The molecule has 0 heterocycles. The number of halogens is 3. The van der Waals surface area contributed by atoms with Gasteiger partial charge >= 0.3 is 6.61 Å². The van der Waals surface area contributed by atoms with E-state index in [0.717, 1.165) is 0 Å². The third kappa shape index (κ3) is 4.61. The number of hydrogen-bond acceptors (Lipinski definition) is 3. The highest BCUT2D eigenvalue weighted by atomic mass is 35.5. The van der Waals surface area contributed by atoms with E-state index in [-0.39, 0.29) is 35.1 Å². The molecule has 3 N–H and O–H groups in total. The third-order valence-electron chi connectivity index (χ3n) is 2.81. The first-order valence-electron chi connectivity index (χ1n) is 6.10. The molecule has 1 unspecified atom stereocenters. The Balaban J connectivity index is 2.79. The van der Waals surface area contributed by atoms with Crippen LogP contribution < -0.4 is 15.8 Å². The molecule has 1 aromatic rings. The van der Waals surface area contributed by atoms with Crippen molar-refractivity contribution in [2.24, 2.45) is 17.6 Å². The number of alkyl halides is 2.